The number of hydrogen-bond acceptors (Lipinski definition) is 4. The van der Waals surface area contributed by atoms with Gasteiger partial charge in [0, 0.05) is 18.3 Å². The molecule has 0 fully saturated rings. The van der Waals surface area contributed by atoms with E-state index >= 15 is 0 Å². The summed E-state index contributed by atoms with van der Waals surface area (Å²) in [6.07, 6.45) is 0. The lowest BCUT2D eigenvalue weighted by atomic mass is 10.2. The first-order valence-electron chi connectivity index (χ1n) is 8.33. The van der Waals surface area contributed by atoms with Gasteiger partial charge in [-0.05, 0) is 50.2 Å². The molecule has 0 aliphatic carbocycles. The number of nitrogens with one attached hydrogen (secondary N) is 2. The highest BCUT2D eigenvalue weighted by molar-refractivity contribution is 6.34. The van der Waals surface area contributed by atoms with Crippen molar-refractivity contribution in [3.8, 4) is 5.82 Å². The molecule has 1 aromatic carbocycles. The molecule has 2 aromatic heterocycles. The third-order valence-corrected chi connectivity index (χ3v) is 4.11. The molecule has 0 atom stereocenters. The van der Waals surface area contributed by atoms with Gasteiger partial charge in [-0.15, -0.1) is 0 Å². The summed E-state index contributed by atoms with van der Waals surface area (Å²) in [5.41, 5.74) is 1.91. The number of rotatable bonds is 4. The van der Waals surface area contributed by atoms with Crippen LogP contribution in [0.15, 0.2) is 36.4 Å². The molecule has 3 rings (SSSR count). The maximum atomic E-state index is 13.8. The minimum atomic E-state index is -0.615. The van der Waals surface area contributed by atoms with Crippen molar-refractivity contribution in [2.45, 2.75) is 20.8 Å². The first-order chi connectivity index (χ1) is 13.2. The largest absolute Gasteiger partial charge is 0.324 e. The minimum absolute atomic E-state index is 0.00266. The number of aromatic nitrogens is 3. The van der Waals surface area contributed by atoms with Gasteiger partial charge in [0.25, 0.3) is 5.91 Å². The van der Waals surface area contributed by atoms with Crippen LogP contribution in [0.2, 0.25) is 5.02 Å². The Morgan fingerprint density at radius 1 is 1.11 bits per heavy atom. The standard InChI is InChI=1S/C19H17ClFN5O2/c1-10-8-11(2)26(25-10)17-7-5-14(20)18(24-17)19(28)23-13-4-6-15(21)16(9-13)22-12(3)27/h4-9H,1-3H3,(H,22,27)(H,23,28). The summed E-state index contributed by atoms with van der Waals surface area (Å²) in [5, 5.41) is 9.46. The van der Waals surface area contributed by atoms with Gasteiger partial charge in [-0.3, -0.25) is 9.59 Å². The molecule has 0 aliphatic rings. The molecule has 144 valence electrons. The second-order valence-corrected chi connectivity index (χ2v) is 6.58. The highest BCUT2D eigenvalue weighted by Crippen LogP contribution is 2.22. The van der Waals surface area contributed by atoms with Gasteiger partial charge in [-0.1, -0.05) is 11.6 Å². The molecular formula is C19H17ClFN5O2. The highest BCUT2D eigenvalue weighted by atomic mass is 35.5. The van der Waals surface area contributed by atoms with Crippen molar-refractivity contribution in [3.63, 3.8) is 0 Å². The summed E-state index contributed by atoms with van der Waals surface area (Å²) < 4.78 is 15.4. The highest BCUT2D eigenvalue weighted by Gasteiger charge is 2.16. The molecule has 2 heterocycles. The minimum Gasteiger partial charge on any atom is -0.324 e. The van der Waals surface area contributed by atoms with E-state index in [1.165, 1.54) is 19.1 Å². The van der Waals surface area contributed by atoms with Crippen molar-refractivity contribution < 1.29 is 14.0 Å². The van der Waals surface area contributed by atoms with Crippen molar-refractivity contribution in [1.29, 1.82) is 0 Å². The number of carbonyl (C=O) groups excluding carboxylic acids is 2. The van der Waals surface area contributed by atoms with Gasteiger partial charge < -0.3 is 10.6 Å². The molecule has 0 bridgehead atoms. The van der Waals surface area contributed by atoms with E-state index in [-0.39, 0.29) is 22.1 Å². The van der Waals surface area contributed by atoms with E-state index in [4.69, 9.17) is 11.6 Å². The number of pyridine rings is 1. The summed E-state index contributed by atoms with van der Waals surface area (Å²) in [4.78, 5) is 28.1. The van der Waals surface area contributed by atoms with E-state index in [2.05, 4.69) is 20.7 Å². The average Bonchev–Trinajstić information content (AvgIpc) is 2.96. The molecule has 7 nitrogen and oxygen atoms in total. The van der Waals surface area contributed by atoms with E-state index in [0.717, 1.165) is 17.5 Å². The summed E-state index contributed by atoms with van der Waals surface area (Å²) in [7, 11) is 0. The third-order valence-electron chi connectivity index (χ3n) is 3.81. The van der Waals surface area contributed by atoms with Crippen molar-refractivity contribution in [2.75, 3.05) is 10.6 Å². The van der Waals surface area contributed by atoms with Crippen LogP contribution in [0.4, 0.5) is 15.8 Å². The van der Waals surface area contributed by atoms with Crippen molar-refractivity contribution in [2.24, 2.45) is 0 Å². The fourth-order valence-corrected chi connectivity index (χ4v) is 2.84. The van der Waals surface area contributed by atoms with Crippen LogP contribution < -0.4 is 10.6 Å². The van der Waals surface area contributed by atoms with Crippen molar-refractivity contribution in [3.05, 3.63) is 64.3 Å². The second-order valence-electron chi connectivity index (χ2n) is 6.17. The first-order valence-corrected chi connectivity index (χ1v) is 8.71. The first kappa shape index (κ1) is 19.5. The lowest BCUT2D eigenvalue weighted by Gasteiger charge is -2.11. The van der Waals surface area contributed by atoms with Crippen LogP contribution in [0.5, 0.6) is 0 Å². The summed E-state index contributed by atoms with van der Waals surface area (Å²) in [6, 6.07) is 8.93. The van der Waals surface area contributed by atoms with E-state index in [0.29, 0.717) is 5.82 Å². The zero-order valence-corrected chi connectivity index (χ0v) is 16.1. The van der Waals surface area contributed by atoms with Crippen LogP contribution in [0.1, 0.15) is 28.8 Å². The fourth-order valence-electron chi connectivity index (χ4n) is 2.65. The SMILES string of the molecule is CC(=O)Nc1cc(NC(=O)c2nc(-n3nc(C)cc3C)ccc2Cl)ccc1F. The predicted molar refractivity (Wildman–Crippen MR) is 104 cm³/mol. The average molecular weight is 402 g/mol. The smallest absolute Gasteiger partial charge is 0.275 e. The molecule has 0 saturated carbocycles. The van der Waals surface area contributed by atoms with Gasteiger partial charge >= 0.3 is 0 Å². The summed E-state index contributed by atoms with van der Waals surface area (Å²) in [5.74, 6) is -1.17. The molecule has 0 spiro atoms. The quantitative estimate of drug-likeness (QED) is 0.694. The molecular weight excluding hydrogens is 385 g/mol. The molecule has 0 saturated heterocycles. The number of hydrogen-bond donors (Lipinski definition) is 2. The Labute approximate surface area is 165 Å². The van der Waals surface area contributed by atoms with Gasteiger partial charge in [0.2, 0.25) is 5.91 Å². The second kappa shape index (κ2) is 7.77. The Hall–Kier alpha value is -3.26. The maximum absolute atomic E-state index is 13.8. The Kier molecular flexibility index (Phi) is 5.41. The van der Waals surface area contributed by atoms with E-state index < -0.39 is 17.6 Å². The maximum Gasteiger partial charge on any atom is 0.275 e. The van der Waals surface area contributed by atoms with Crippen molar-refractivity contribution in [1.82, 2.24) is 14.8 Å². The number of amides is 2. The summed E-state index contributed by atoms with van der Waals surface area (Å²) in [6.45, 7) is 4.99. The van der Waals surface area contributed by atoms with E-state index in [1.54, 1.807) is 16.8 Å². The third kappa shape index (κ3) is 4.17. The zero-order valence-electron chi connectivity index (χ0n) is 15.4. The topological polar surface area (TPSA) is 88.9 Å². The molecule has 28 heavy (non-hydrogen) atoms. The monoisotopic (exact) mass is 401 g/mol. The molecule has 0 aliphatic heterocycles. The fraction of sp³-hybridized carbons (Fsp3) is 0.158. The summed E-state index contributed by atoms with van der Waals surface area (Å²) >= 11 is 6.15. The molecule has 0 unspecified atom stereocenters. The van der Waals surface area contributed by atoms with Gasteiger partial charge in [0.15, 0.2) is 5.82 Å². The van der Waals surface area contributed by atoms with Crippen LogP contribution in [0, 0.1) is 19.7 Å². The number of halogens is 2. The number of aryl methyl sites for hydroxylation is 2. The van der Waals surface area contributed by atoms with Gasteiger partial charge in [0.1, 0.15) is 11.5 Å². The molecule has 9 heteroatoms. The number of carbonyl (C=O) groups is 2. The molecule has 3 aromatic rings. The Morgan fingerprint density at radius 3 is 2.50 bits per heavy atom. The van der Waals surface area contributed by atoms with E-state index in [9.17, 15) is 14.0 Å². The molecule has 2 amide bonds. The van der Waals surface area contributed by atoms with Crippen LogP contribution in [-0.2, 0) is 4.79 Å². The van der Waals surface area contributed by atoms with Gasteiger partial charge in [0.05, 0.1) is 16.4 Å². The normalized spacial score (nSPS) is 10.6. The van der Waals surface area contributed by atoms with E-state index in [1.807, 2.05) is 19.9 Å². The van der Waals surface area contributed by atoms with Crippen LogP contribution in [0.25, 0.3) is 5.82 Å². The van der Waals surface area contributed by atoms with Crippen LogP contribution >= 0.6 is 11.6 Å². The van der Waals surface area contributed by atoms with Gasteiger partial charge in [-0.2, -0.15) is 5.10 Å². The Morgan fingerprint density at radius 2 is 1.86 bits per heavy atom. The van der Waals surface area contributed by atoms with Gasteiger partial charge in [-0.25, -0.2) is 14.1 Å². The lowest BCUT2D eigenvalue weighted by Crippen LogP contribution is -2.16. The van der Waals surface area contributed by atoms with Crippen LogP contribution in [0.3, 0.4) is 0 Å². The van der Waals surface area contributed by atoms with Crippen LogP contribution in [-0.4, -0.2) is 26.6 Å². The zero-order chi connectivity index (χ0) is 20.4. The molecule has 2 N–H and O–H groups in total. The Bertz CT molecular complexity index is 1080. The predicted octanol–water partition coefficient (Wildman–Crippen LogP) is 3.89. The van der Waals surface area contributed by atoms with Crippen molar-refractivity contribution >= 4 is 34.8 Å². The molecule has 0 radical (unpaired) electrons. The number of benzene rings is 1. The number of nitrogens with zero attached hydrogens (tertiary/aromatic N) is 3. The lowest BCUT2D eigenvalue weighted by molar-refractivity contribution is -0.114. The number of anilines is 2. The Balaban J connectivity index is 1.90.